The molecule has 0 aromatic heterocycles. The van der Waals surface area contributed by atoms with E-state index in [-0.39, 0.29) is 0 Å². The molecule has 0 fully saturated rings. The Balaban J connectivity index is 2.59. The molecule has 1 aliphatic carbocycles. The van der Waals surface area contributed by atoms with Gasteiger partial charge in [0.2, 0.25) is 8.32 Å². The molecule has 0 aliphatic heterocycles. The molecule has 1 unspecified atom stereocenters. The summed E-state index contributed by atoms with van der Waals surface area (Å²) in [5, 5.41) is 0. The molecular weight excluding hydrogens is 228 g/mol. The third-order valence-corrected chi connectivity index (χ3v) is 5.36. The molecule has 1 nitrogen and oxygen atoms in total. The van der Waals surface area contributed by atoms with Gasteiger partial charge in [-0.05, 0) is 44.5 Å². The second kappa shape index (κ2) is 5.09. The van der Waals surface area contributed by atoms with E-state index < -0.39 is 16.4 Å². The lowest BCUT2D eigenvalue weighted by molar-refractivity contribution is 0.363. The van der Waals surface area contributed by atoms with Crippen LogP contribution in [0.3, 0.4) is 0 Å². The molecule has 1 aliphatic rings. The van der Waals surface area contributed by atoms with Gasteiger partial charge in [0.1, 0.15) is 0 Å². The Labute approximate surface area is 103 Å². The second-order valence-electron chi connectivity index (χ2n) is 7.26. The Morgan fingerprint density at radius 3 is 2.31 bits per heavy atom. The van der Waals surface area contributed by atoms with Crippen LogP contribution in [0.1, 0.15) is 19.3 Å². The summed E-state index contributed by atoms with van der Waals surface area (Å²) in [6.45, 7) is 14.2. The van der Waals surface area contributed by atoms with Crippen molar-refractivity contribution >= 4 is 16.4 Å². The highest BCUT2D eigenvalue weighted by Gasteiger charge is 2.24. The van der Waals surface area contributed by atoms with Gasteiger partial charge in [0.05, 0.1) is 5.76 Å². The van der Waals surface area contributed by atoms with E-state index in [0.29, 0.717) is 0 Å². The van der Waals surface area contributed by atoms with E-state index in [2.05, 4.69) is 45.4 Å². The van der Waals surface area contributed by atoms with Crippen LogP contribution in [0.5, 0.6) is 0 Å². The zero-order valence-corrected chi connectivity index (χ0v) is 13.9. The van der Waals surface area contributed by atoms with Crippen LogP contribution in [0.4, 0.5) is 0 Å². The zero-order chi connectivity index (χ0) is 12.4. The van der Waals surface area contributed by atoms with Gasteiger partial charge in [-0.2, -0.15) is 0 Å². The third-order valence-electron chi connectivity index (χ3n) is 2.73. The SMILES string of the molecule is C[Si](C)(C)CC1C=C(O[Si](C)(C)C)CCC1. The Morgan fingerprint density at radius 1 is 1.19 bits per heavy atom. The lowest BCUT2D eigenvalue weighted by atomic mass is 9.96. The average Bonchev–Trinajstić information content (AvgIpc) is 1.96. The van der Waals surface area contributed by atoms with Crippen molar-refractivity contribution < 1.29 is 4.43 Å². The van der Waals surface area contributed by atoms with Crippen LogP contribution in [-0.4, -0.2) is 16.4 Å². The monoisotopic (exact) mass is 256 g/mol. The van der Waals surface area contributed by atoms with E-state index in [0.717, 1.165) is 5.92 Å². The minimum Gasteiger partial charge on any atom is -0.548 e. The van der Waals surface area contributed by atoms with E-state index in [1.54, 1.807) is 0 Å². The van der Waals surface area contributed by atoms with Crippen molar-refractivity contribution in [3.8, 4) is 0 Å². The number of allylic oxidation sites excluding steroid dienone is 2. The van der Waals surface area contributed by atoms with Gasteiger partial charge in [-0.15, -0.1) is 0 Å². The molecule has 0 spiro atoms. The third kappa shape index (κ3) is 5.90. The number of hydrogen-bond acceptors (Lipinski definition) is 1. The van der Waals surface area contributed by atoms with Crippen molar-refractivity contribution in [3.05, 3.63) is 11.8 Å². The summed E-state index contributed by atoms with van der Waals surface area (Å²) in [6, 6.07) is 1.42. The average molecular weight is 257 g/mol. The van der Waals surface area contributed by atoms with Gasteiger partial charge in [0, 0.05) is 14.5 Å². The quantitative estimate of drug-likeness (QED) is 0.653. The molecule has 16 heavy (non-hydrogen) atoms. The molecule has 0 heterocycles. The summed E-state index contributed by atoms with van der Waals surface area (Å²) in [5.74, 6) is 2.10. The number of hydrogen-bond donors (Lipinski definition) is 0. The highest BCUT2D eigenvalue weighted by molar-refractivity contribution is 6.76. The smallest absolute Gasteiger partial charge is 0.241 e. The van der Waals surface area contributed by atoms with Gasteiger partial charge in [0.15, 0.2) is 0 Å². The van der Waals surface area contributed by atoms with Crippen LogP contribution in [0.25, 0.3) is 0 Å². The summed E-state index contributed by atoms with van der Waals surface area (Å²) >= 11 is 0. The first-order chi connectivity index (χ1) is 7.16. The zero-order valence-electron chi connectivity index (χ0n) is 11.9. The first-order valence-corrected chi connectivity index (χ1v) is 13.7. The Hall–Kier alpha value is -0.0262. The Bertz CT molecular complexity index is 258. The van der Waals surface area contributed by atoms with Crippen molar-refractivity contribution in [2.45, 2.75) is 64.6 Å². The van der Waals surface area contributed by atoms with Gasteiger partial charge in [-0.3, -0.25) is 0 Å². The molecule has 1 atom stereocenters. The first kappa shape index (κ1) is 14.0. The largest absolute Gasteiger partial charge is 0.548 e. The lowest BCUT2D eigenvalue weighted by Crippen LogP contribution is -2.28. The van der Waals surface area contributed by atoms with Gasteiger partial charge in [-0.1, -0.05) is 25.7 Å². The first-order valence-electron chi connectivity index (χ1n) is 6.55. The van der Waals surface area contributed by atoms with Crippen LogP contribution in [0, 0.1) is 5.92 Å². The van der Waals surface area contributed by atoms with E-state index in [1.165, 1.54) is 31.1 Å². The summed E-state index contributed by atoms with van der Waals surface area (Å²) < 4.78 is 6.14. The molecular formula is C13H28OSi2. The van der Waals surface area contributed by atoms with Crippen molar-refractivity contribution in [2.75, 3.05) is 0 Å². The lowest BCUT2D eigenvalue weighted by Gasteiger charge is -2.29. The standard InChI is InChI=1S/C13H28OSi2/c1-15(2,3)11-12-8-7-9-13(10-12)14-16(4,5)6/h10,12H,7-9,11H2,1-6H3. The Morgan fingerprint density at radius 2 is 1.81 bits per heavy atom. The van der Waals surface area contributed by atoms with E-state index >= 15 is 0 Å². The van der Waals surface area contributed by atoms with Crippen LogP contribution in [0.2, 0.25) is 45.3 Å². The summed E-state index contributed by atoms with van der Waals surface area (Å²) in [7, 11) is -2.31. The van der Waals surface area contributed by atoms with Crippen LogP contribution < -0.4 is 0 Å². The van der Waals surface area contributed by atoms with E-state index in [1.807, 2.05) is 0 Å². The van der Waals surface area contributed by atoms with Crippen LogP contribution >= 0.6 is 0 Å². The van der Waals surface area contributed by atoms with Crippen LogP contribution in [0.15, 0.2) is 11.8 Å². The van der Waals surface area contributed by atoms with Crippen molar-refractivity contribution in [3.63, 3.8) is 0 Å². The van der Waals surface area contributed by atoms with Crippen molar-refractivity contribution in [1.82, 2.24) is 0 Å². The van der Waals surface area contributed by atoms with Gasteiger partial charge in [-0.25, -0.2) is 0 Å². The normalized spacial score (nSPS) is 22.9. The molecule has 0 radical (unpaired) electrons. The molecule has 94 valence electrons. The second-order valence-corrected chi connectivity index (χ2v) is 17.2. The van der Waals surface area contributed by atoms with Crippen molar-refractivity contribution in [2.24, 2.45) is 5.92 Å². The minimum atomic E-state index is -1.39. The minimum absolute atomic E-state index is 0.798. The van der Waals surface area contributed by atoms with E-state index in [9.17, 15) is 0 Å². The van der Waals surface area contributed by atoms with Gasteiger partial charge in [0.25, 0.3) is 0 Å². The van der Waals surface area contributed by atoms with Gasteiger partial charge < -0.3 is 4.43 Å². The number of rotatable bonds is 4. The van der Waals surface area contributed by atoms with E-state index in [4.69, 9.17) is 4.43 Å². The maximum Gasteiger partial charge on any atom is 0.241 e. The van der Waals surface area contributed by atoms with Gasteiger partial charge >= 0.3 is 0 Å². The molecule has 0 saturated carbocycles. The maximum atomic E-state index is 6.14. The highest BCUT2D eigenvalue weighted by Crippen LogP contribution is 2.31. The predicted octanol–water partition coefficient (Wildman–Crippen LogP) is 4.86. The molecule has 0 saturated heterocycles. The molecule has 0 amide bonds. The maximum absolute atomic E-state index is 6.14. The predicted molar refractivity (Wildman–Crippen MR) is 78.0 cm³/mol. The summed E-state index contributed by atoms with van der Waals surface area (Å²) in [4.78, 5) is 0. The fraction of sp³-hybridized carbons (Fsp3) is 0.846. The molecule has 0 bridgehead atoms. The topological polar surface area (TPSA) is 9.23 Å². The van der Waals surface area contributed by atoms with Crippen LogP contribution in [-0.2, 0) is 4.43 Å². The Kier molecular flexibility index (Phi) is 4.46. The molecule has 3 heteroatoms. The highest BCUT2D eigenvalue weighted by atomic mass is 28.4. The summed E-state index contributed by atoms with van der Waals surface area (Å²) in [5.41, 5.74) is 0. The molecule has 0 N–H and O–H groups in total. The summed E-state index contributed by atoms with van der Waals surface area (Å²) in [6.07, 6.45) is 6.32. The molecule has 1 rings (SSSR count). The fourth-order valence-electron chi connectivity index (χ4n) is 2.39. The molecule has 0 aromatic rings. The van der Waals surface area contributed by atoms with Crippen molar-refractivity contribution in [1.29, 1.82) is 0 Å². The fourth-order valence-corrected chi connectivity index (χ4v) is 5.25. The molecule has 0 aromatic carbocycles.